The molecule has 1 aromatic rings. The Kier molecular flexibility index (Phi) is 3.03. The van der Waals surface area contributed by atoms with E-state index in [4.69, 9.17) is 15.7 Å². The van der Waals surface area contributed by atoms with Crippen LogP contribution in [0.15, 0.2) is 12.1 Å². The number of rotatable bonds is 2. The summed E-state index contributed by atoms with van der Waals surface area (Å²) >= 11 is 0. The Bertz CT molecular complexity index is 521. The largest absolute Gasteiger partial charge is 0.383 e. The highest BCUT2D eigenvalue weighted by atomic mass is 16.5. The summed E-state index contributed by atoms with van der Waals surface area (Å²) in [6, 6.07) is 5.65. The highest BCUT2D eigenvalue weighted by Gasteiger charge is 2.37. The Labute approximate surface area is 113 Å². The fourth-order valence-corrected chi connectivity index (χ4v) is 2.64. The third kappa shape index (κ3) is 2.49. The molecule has 3 rings (SSSR count). The fraction of sp³-hybridized carbons (Fsp3) is 0.571. The summed E-state index contributed by atoms with van der Waals surface area (Å²) in [5.74, 6) is 1.86. The maximum Gasteiger partial charge on any atom is 0.143 e. The summed E-state index contributed by atoms with van der Waals surface area (Å²) in [6.07, 6.45) is 3.06. The molecule has 100 valence electrons. The second kappa shape index (κ2) is 4.71. The molecule has 0 bridgehead atoms. The first-order valence-electron chi connectivity index (χ1n) is 6.74. The number of hydrogen-bond donors (Lipinski definition) is 1. The third-order valence-corrected chi connectivity index (χ3v) is 3.79. The number of aromatic nitrogens is 1. The number of ether oxygens (including phenoxy) is 1. The second-order valence-electron chi connectivity index (χ2n) is 5.44. The topological polar surface area (TPSA) is 75.2 Å². The van der Waals surface area contributed by atoms with E-state index in [1.165, 1.54) is 12.8 Å². The minimum atomic E-state index is 0.206. The Morgan fingerprint density at radius 2 is 2.21 bits per heavy atom. The van der Waals surface area contributed by atoms with E-state index in [1.807, 2.05) is 12.1 Å². The summed E-state index contributed by atoms with van der Waals surface area (Å²) in [6.45, 7) is 3.78. The predicted octanol–water partition coefficient (Wildman–Crippen LogP) is 1.54. The molecule has 2 N–H and O–H groups in total. The zero-order chi connectivity index (χ0) is 13.4. The first-order chi connectivity index (χ1) is 9.17. The van der Waals surface area contributed by atoms with Crippen molar-refractivity contribution in [2.45, 2.75) is 32.0 Å². The standard InChI is InChI=1S/C14H18N4O/c1-9-7-18(8-12(19-9)10-2-3-10)13-5-4-11(6-15)14(16)17-13/h4-5,9-10,12H,2-3,7-8H2,1H3,(H2,16,17)/t9-,12+/m0/s1. The Hall–Kier alpha value is -1.80. The summed E-state index contributed by atoms with van der Waals surface area (Å²) in [5.41, 5.74) is 6.22. The minimum Gasteiger partial charge on any atom is -0.383 e. The lowest BCUT2D eigenvalue weighted by Gasteiger charge is -2.37. The van der Waals surface area contributed by atoms with Gasteiger partial charge in [0.1, 0.15) is 17.7 Å². The number of nitriles is 1. The Balaban J connectivity index is 1.80. The molecular weight excluding hydrogens is 240 g/mol. The molecule has 1 saturated carbocycles. The van der Waals surface area contributed by atoms with Crippen molar-refractivity contribution in [2.75, 3.05) is 23.7 Å². The van der Waals surface area contributed by atoms with Crippen molar-refractivity contribution in [3.63, 3.8) is 0 Å². The SMILES string of the molecule is C[C@H]1CN(c2ccc(C#N)c(N)n2)C[C@H](C2CC2)O1. The van der Waals surface area contributed by atoms with Gasteiger partial charge < -0.3 is 15.4 Å². The molecule has 2 aliphatic rings. The van der Waals surface area contributed by atoms with E-state index >= 15 is 0 Å². The van der Waals surface area contributed by atoms with Gasteiger partial charge >= 0.3 is 0 Å². The van der Waals surface area contributed by atoms with Crippen LogP contribution in [0, 0.1) is 17.2 Å². The van der Waals surface area contributed by atoms with E-state index in [0.29, 0.717) is 23.4 Å². The normalized spacial score (nSPS) is 27.1. The molecule has 5 nitrogen and oxygen atoms in total. The quantitative estimate of drug-likeness (QED) is 0.870. The van der Waals surface area contributed by atoms with Gasteiger partial charge in [0.2, 0.25) is 0 Å². The summed E-state index contributed by atoms with van der Waals surface area (Å²) in [5, 5.41) is 8.88. The molecular formula is C14H18N4O. The van der Waals surface area contributed by atoms with Crippen LogP contribution in [0.4, 0.5) is 11.6 Å². The zero-order valence-corrected chi connectivity index (χ0v) is 11.0. The summed E-state index contributed by atoms with van der Waals surface area (Å²) in [4.78, 5) is 6.56. The van der Waals surface area contributed by atoms with Crippen LogP contribution in [0.2, 0.25) is 0 Å². The van der Waals surface area contributed by atoms with E-state index in [2.05, 4.69) is 16.8 Å². The van der Waals surface area contributed by atoms with E-state index in [-0.39, 0.29) is 6.10 Å². The van der Waals surface area contributed by atoms with Crippen LogP contribution in [0.1, 0.15) is 25.3 Å². The van der Waals surface area contributed by atoms with Crippen LogP contribution in [0.25, 0.3) is 0 Å². The maximum absolute atomic E-state index is 8.88. The highest BCUT2D eigenvalue weighted by molar-refractivity contribution is 5.55. The number of pyridine rings is 1. The van der Waals surface area contributed by atoms with Crippen LogP contribution in [-0.2, 0) is 4.74 Å². The van der Waals surface area contributed by atoms with Crippen molar-refractivity contribution in [3.05, 3.63) is 17.7 Å². The number of morpholine rings is 1. The van der Waals surface area contributed by atoms with E-state index in [9.17, 15) is 0 Å². The van der Waals surface area contributed by atoms with E-state index in [1.54, 1.807) is 6.07 Å². The number of hydrogen-bond acceptors (Lipinski definition) is 5. The van der Waals surface area contributed by atoms with Crippen molar-refractivity contribution in [3.8, 4) is 6.07 Å². The smallest absolute Gasteiger partial charge is 0.143 e. The van der Waals surface area contributed by atoms with Gasteiger partial charge in [-0.15, -0.1) is 0 Å². The predicted molar refractivity (Wildman–Crippen MR) is 72.6 cm³/mol. The highest BCUT2D eigenvalue weighted by Crippen LogP contribution is 2.37. The molecule has 2 fully saturated rings. The van der Waals surface area contributed by atoms with Gasteiger partial charge in [-0.3, -0.25) is 0 Å². The lowest BCUT2D eigenvalue weighted by molar-refractivity contribution is -0.0273. The third-order valence-electron chi connectivity index (χ3n) is 3.79. The molecule has 2 heterocycles. The van der Waals surface area contributed by atoms with Gasteiger partial charge in [0.05, 0.1) is 17.8 Å². The van der Waals surface area contributed by atoms with Crippen molar-refractivity contribution in [2.24, 2.45) is 5.92 Å². The molecule has 1 saturated heterocycles. The van der Waals surface area contributed by atoms with Gasteiger partial charge in [0, 0.05) is 13.1 Å². The van der Waals surface area contributed by atoms with Gasteiger partial charge in [-0.2, -0.15) is 5.26 Å². The van der Waals surface area contributed by atoms with Gasteiger partial charge in [0.15, 0.2) is 0 Å². The van der Waals surface area contributed by atoms with Crippen molar-refractivity contribution in [1.82, 2.24) is 4.98 Å². The van der Waals surface area contributed by atoms with Gasteiger partial charge in [0.25, 0.3) is 0 Å². The van der Waals surface area contributed by atoms with E-state index in [0.717, 1.165) is 18.9 Å². The monoisotopic (exact) mass is 258 g/mol. The molecule has 0 spiro atoms. The van der Waals surface area contributed by atoms with Crippen LogP contribution >= 0.6 is 0 Å². The number of nitrogen functional groups attached to an aromatic ring is 1. The maximum atomic E-state index is 8.88. The molecule has 0 unspecified atom stereocenters. The number of nitrogens with two attached hydrogens (primary N) is 1. The van der Waals surface area contributed by atoms with Crippen molar-refractivity contribution >= 4 is 11.6 Å². The zero-order valence-electron chi connectivity index (χ0n) is 11.0. The minimum absolute atomic E-state index is 0.206. The van der Waals surface area contributed by atoms with Crippen LogP contribution in [-0.4, -0.2) is 30.3 Å². The Morgan fingerprint density at radius 1 is 1.42 bits per heavy atom. The average molecular weight is 258 g/mol. The second-order valence-corrected chi connectivity index (χ2v) is 5.44. The molecule has 2 atom stereocenters. The molecule has 1 aliphatic carbocycles. The number of anilines is 2. The first-order valence-corrected chi connectivity index (χ1v) is 6.74. The van der Waals surface area contributed by atoms with Crippen molar-refractivity contribution in [1.29, 1.82) is 5.26 Å². The molecule has 0 amide bonds. The van der Waals surface area contributed by atoms with Gasteiger partial charge in [-0.1, -0.05) is 0 Å². The lowest BCUT2D eigenvalue weighted by Crippen LogP contribution is -2.47. The molecule has 19 heavy (non-hydrogen) atoms. The summed E-state index contributed by atoms with van der Waals surface area (Å²) < 4.78 is 5.98. The molecule has 0 aromatic carbocycles. The molecule has 0 radical (unpaired) electrons. The van der Waals surface area contributed by atoms with Crippen molar-refractivity contribution < 1.29 is 4.74 Å². The van der Waals surface area contributed by atoms with Gasteiger partial charge in [-0.05, 0) is 37.8 Å². The van der Waals surface area contributed by atoms with Crippen LogP contribution in [0.5, 0.6) is 0 Å². The van der Waals surface area contributed by atoms with Gasteiger partial charge in [-0.25, -0.2) is 4.98 Å². The van der Waals surface area contributed by atoms with E-state index < -0.39 is 0 Å². The van der Waals surface area contributed by atoms with Crippen LogP contribution in [0.3, 0.4) is 0 Å². The first kappa shape index (κ1) is 12.2. The van der Waals surface area contributed by atoms with Crippen LogP contribution < -0.4 is 10.6 Å². The Morgan fingerprint density at radius 3 is 2.84 bits per heavy atom. The fourth-order valence-electron chi connectivity index (χ4n) is 2.64. The lowest BCUT2D eigenvalue weighted by atomic mass is 10.1. The molecule has 1 aliphatic heterocycles. The average Bonchev–Trinajstić information content (AvgIpc) is 3.22. The molecule has 1 aromatic heterocycles. The summed E-state index contributed by atoms with van der Waals surface area (Å²) in [7, 11) is 0. The molecule has 5 heteroatoms. The number of nitrogens with zero attached hydrogens (tertiary/aromatic N) is 3.